The zero-order valence-electron chi connectivity index (χ0n) is 12.2. The van der Waals surface area contributed by atoms with Crippen molar-refractivity contribution in [3.8, 4) is 0 Å². The van der Waals surface area contributed by atoms with Crippen LogP contribution >= 0.6 is 23.8 Å². The van der Waals surface area contributed by atoms with Crippen molar-refractivity contribution in [2.45, 2.75) is 24.5 Å². The van der Waals surface area contributed by atoms with Crippen LogP contribution in [0.3, 0.4) is 0 Å². The summed E-state index contributed by atoms with van der Waals surface area (Å²) in [5.41, 5.74) is 4.67. The number of nitrogens with two attached hydrogens (primary N) is 1. The number of aromatic nitrogens is 4. The number of hydrogen-bond acceptors (Lipinski definition) is 9. The molecule has 1 aliphatic rings. The van der Waals surface area contributed by atoms with Gasteiger partial charge in [-0.2, -0.15) is 4.98 Å². The van der Waals surface area contributed by atoms with E-state index < -0.39 is 44.5 Å². The van der Waals surface area contributed by atoms with E-state index >= 15 is 0 Å². The molecular weight excluding hydrogens is 429 g/mol. The fourth-order valence-electron chi connectivity index (χ4n) is 2.55. The molecule has 1 aliphatic heterocycles. The zero-order valence-corrected chi connectivity index (χ0v) is 14.7. The number of hydrogen-bond donors (Lipinski definition) is 6. The fourth-order valence-corrected chi connectivity index (χ4v) is 3.64. The standard InChI is InChI=1S/C10H13BrN5O8P/c11-9-13-3-6(14-10(12)15-7(3)19)16(9)8-5(24-25(20,21)22)4(18)2(1-17)23-8/h2,4-5,8,17-18H,1H2,(H2,20,21,22)(H3,12,14,15,19). The molecule has 138 valence electrons. The van der Waals surface area contributed by atoms with Crippen LogP contribution in [0.4, 0.5) is 5.95 Å². The van der Waals surface area contributed by atoms with Crippen LogP contribution in [0.2, 0.25) is 0 Å². The van der Waals surface area contributed by atoms with Crippen LogP contribution in [0.15, 0.2) is 9.53 Å². The molecule has 0 spiro atoms. The average Bonchev–Trinajstić information content (AvgIpc) is 2.96. The van der Waals surface area contributed by atoms with Crippen LogP contribution in [0.5, 0.6) is 0 Å². The second kappa shape index (κ2) is 6.41. The molecule has 0 bridgehead atoms. The molecular formula is C10H13BrN5O8P. The highest BCUT2D eigenvalue weighted by atomic mass is 79.9. The lowest BCUT2D eigenvalue weighted by molar-refractivity contribution is -0.0515. The van der Waals surface area contributed by atoms with Gasteiger partial charge in [0, 0.05) is 0 Å². The maximum atomic E-state index is 11.9. The summed E-state index contributed by atoms with van der Waals surface area (Å²) >= 11 is 3.09. The highest BCUT2D eigenvalue weighted by Gasteiger charge is 2.49. The summed E-state index contributed by atoms with van der Waals surface area (Å²) in [6.07, 6.45) is -5.68. The lowest BCUT2D eigenvalue weighted by Crippen LogP contribution is -2.35. The first-order valence-electron chi connectivity index (χ1n) is 6.74. The van der Waals surface area contributed by atoms with E-state index in [0.29, 0.717) is 0 Å². The first kappa shape index (κ1) is 18.4. The minimum Gasteiger partial charge on any atom is -0.394 e. The molecule has 7 N–H and O–H groups in total. The van der Waals surface area contributed by atoms with Crippen molar-refractivity contribution in [1.29, 1.82) is 0 Å². The van der Waals surface area contributed by atoms with Gasteiger partial charge >= 0.3 is 7.82 Å². The van der Waals surface area contributed by atoms with Gasteiger partial charge in [0.1, 0.15) is 18.3 Å². The number of nitrogens with one attached hydrogen (secondary N) is 1. The number of rotatable bonds is 4. The van der Waals surface area contributed by atoms with Crippen LogP contribution < -0.4 is 11.3 Å². The monoisotopic (exact) mass is 441 g/mol. The molecule has 4 unspecified atom stereocenters. The summed E-state index contributed by atoms with van der Waals surface area (Å²) in [7, 11) is -5.01. The molecule has 0 aromatic carbocycles. The van der Waals surface area contributed by atoms with Crippen molar-refractivity contribution in [2.75, 3.05) is 12.3 Å². The van der Waals surface area contributed by atoms with Crippen molar-refractivity contribution in [2.24, 2.45) is 0 Å². The quantitative estimate of drug-likeness (QED) is 0.230. The van der Waals surface area contributed by atoms with Gasteiger partial charge < -0.3 is 30.5 Å². The maximum absolute atomic E-state index is 11.9. The van der Waals surface area contributed by atoms with Gasteiger partial charge in [0.05, 0.1) is 6.61 Å². The van der Waals surface area contributed by atoms with Gasteiger partial charge in [-0.25, -0.2) is 9.55 Å². The van der Waals surface area contributed by atoms with Gasteiger partial charge in [0.2, 0.25) is 5.95 Å². The number of imidazole rings is 1. The van der Waals surface area contributed by atoms with Gasteiger partial charge in [-0.05, 0) is 15.9 Å². The lowest BCUT2D eigenvalue weighted by atomic mass is 10.1. The Kier molecular flexibility index (Phi) is 4.72. The molecule has 3 heterocycles. The third-order valence-electron chi connectivity index (χ3n) is 3.53. The van der Waals surface area contributed by atoms with E-state index in [0.717, 1.165) is 4.57 Å². The van der Waals surface area contributed by atoms with Gasteiger partial charge in [-0.3, -0.25) is 18.9 Å². The Bertz CT molecular complexity index is 911. The van der Waals surface area contributed by atoms with E-state index in [1.165, 1.54) is 0 Å². The Labute approximate surface area is 146 Å². The second-order valence-corrected chi connectivity index (χ2v) is 7.07. The number of ether oxygens (including phenoxy) is 1. The zero-order chi connectivity index (χ0) is 18.5. The molecule has 2 aromatic rings. The molecule has 0 saturated carbocycles. The van der Waals surface area contributed by atoms with Crippen LogP contribution in [0.25, 0.3) is 11.2 Å². The number of aliphatic hydroxyl groups excluding tert-OH is 2. The van der Waals surface area contributed by atoms with Crippen molar-refractivity contribution in [3.05, 3.63) is 15.1 Å². The van der Waals surface area contributed by atoms with Crippen LogP contribution in [0, 0.1) is 0 Å². The Morgan fingerprint density at radius 3 is 2.72 bits per heavy atom. The molecule has 3 rings (SSSR count). The van der Waals surface area contributed by atoms with E-state index in [-0.39, 0.29) is 21.8 Å². The Hall–Kier alpha value is -1.38. The second-order valence-electron chi connectivity index (χ2n) is 5.17. The van der Waals surface area contributed by atoms with E-state index in [1.807, 2.05) is 0 Å². The number of aromatic amines is 1. The number of halogens is 1. The van der Waals surface area contributed by atoms with Crippen LogP contribution in [0.1, 0.15) is 6.23 Å². The van der Waals surface area contributed by atoms with Gasteiger partial charge in [0.25, 0.3) is 5.56 Å². The van der Waals surface area contributed by atoms with Crippen LogP contribution in [-0.4, -0.2) is 64.4 Å². The van der Waals surface area contributed by atoms with Crippen molar-refractivity contribution in [3.63, 3.8) is 0 Å². The average molecular weight is 442 g/mol. The smallest absolute Gasteiger partial charge is 0.394 e. The largest absolute Gasteiger partial charge is 0.470 e. The summed E-state index contributed by atoms with van der Waals surface area (Å²) in [5, 5.41) is 19.4. The topological polar surface area (TPSA) is 206 Å². The lowest BCUT2D eigenvalue weighted by Gasteiger charge is -2.22. The van der Waals surface area contributed by atoms with E-state index in [2.05, 4.69) is 35.4 Å². The summed E-state index contributed by atoms with van der Waals surface area (Å²) in [6, 6.07) is 0. The summed E-state index contributed by atoms with van der Waals surface area (Å²) < 4.78 is 22.4. The summed E-state index contributed by atoms with van der Waals surface area (Å²) in [6.45, 7) is -0.640. The van der Waals surface area contributed by atoms with Gasteiger partial charge in [0.15, 0.2) is 22.1 Å². The van der Waals surface area contributed by atoms with Crippen molar-refractivity contribution >= 4 is 40.9 Å². The van der Waals surface area contributed by atoms with Gasteiger partial charge in [-0.15, -0.1) is 0 Å². The number of nitrogen functional groups attached to an aromatic ring is 1. The predicted molar refractivity (Wildman–Crippen MR) is 84.2 cm³/mol. The SMILES string of the molecule is Nc1nc2c(nc(Br)n2C2OC(CO)C(O)C2OP(=O)(O)O)c(=O)[nH]1. The molecule has 1 saturated heterocycles. The van der Waals surface area contributed by atoms with E-state index in [1.54, 1.807) is 0 Å². The maximum Gasteiger partial charge on any atom is 0.470 e. The molecule has 15 heteroatoms. The molecule has 2 aromatic heterocycles. The molecule has 25 heavy (non-hydrogen) atoms. The third kappa shape index (κ3) is 3.35. The number of H-pyrrole nitrogens is 1. The molecule has 0 aliphatic carbocycles. The first-order valence-corrected chi connectivity index (χ1v) is 9.06. The minimum absolute atomic E-state index is 0.0150. The number of phosphoric acid groups is 1. The normalized spacial score (nSPS) is 27.2. The Morgan fingerprint density at radius 2 is 2.12 bits per heavy atom. The molecule has 4 atom stereocenters. The van der Waals surface area contributed by atoms with Crippen molar-refractivity contribution < 1.29 is 33.8 Å². The third-order valence-corrected chi connectivity index (χ3v) is 4.61. The number of aliphatic hydroxyl groups is 2. The summed E-state index contributed by atoms with van der Waals surface area (Å²) in [5.74, 6) is -0.226. The molecule has 0 radical (unpaired) electrons. The highest BCUT2D eigenvalue weighted by molar-refractivity contribution is 9.10. The summed E-state index contributed by atoms with van der Waals surface area (Å²) in [4.78, 5) is 40.2. The molecule has 0 amide bonds. The molecule has 13 nitrogen and oxygen atoms in total. The van der Waals surface area contributed by atoms with E-state index in [9.17, 15) is 19.6 Å². The molecule has 1 fully saturated rings. The van der Waals surface area contributed by atoms with Crippen LogP contribution in [-0.2, 0) is 13.8 Å². The Morgan fingerprint density at radius 1 is 1.44 bits per heavy atom. The number of fused-ring (bicyclic) bond motifs is 1. The van der Waals surface area contributed by atoms with E-state index in [4.69, 9.17) is 20.3 Å². The number of nitrogens with zero attached hydrogens (tertiary/aromatic N) is 3. The fraction of sp³-hybridized carbons (Fsp3) is 0.500. The predicted octanol–water partition coefficient (Wildman–Crippen LogP) is -1.81. The Balaban J connectivity index is 2.16. The highest BCUT2D eigenvalue weighted by Crippen LogP contribution is 2.45. The minimum atomic E-state index is -5.01. The number of phosphoric ester groups is 1. The van der Waals surface area contributed by atoms with Crippen molar-refractivity contribution in [1.82, 2.24) is 19.5 Å². The first-order chi connectivity index (χ1) is 11.6. The number of anilines is 1. The van der Waals surface area contributed by atoms with Gasteiger partial charge in [-0.1, -0.05) is 0 Å².